The van der Waals surface area contributed by atoms with Gasteiger partial charge >= 0.3 is 6.03 Å². The van der Waals surface area contributed by atoms with Gasteiger partial charge in [0.2, 0.25) is 0 Å². The number of nitrogens with zero attached hydrogens (tertiary/aromatic N) is 3. The van der Waals surface area contributed by atoms with Crippen molar-refractivity contribution >= 4 is 11.8 Å². The molecule has 6 heteroatoms. The summed E-state index contributed by atoms with van der Waals surface area (Å²) in [6.07, 6.45) is 5.72. The van der Waals surface area contributed by atoms with E-state index < -0.39 is 0 Å². The third-order valence-corrected chi connectivity index (χ3v) is 4.03. The maximum absolute atomic E-state index is 12.5. The second-order valence-corrected chi connectivity index (χ2v) is 5.43. The van der Waals surface area contributed by atoms with Crippen LogP contribution in [0.1, 0.15) is 32.6 Å². The monoisotopic (exact) mass is 280 g/mol. The van der Waals surface area contributed by atoms with Gasteiger partial charge in [0.25, 0.3) is 0 Å². The molecule has 1 atom stereocenters. The Morgan fingerprint density at radius 2 is 2.40 bits per heavy atom. The van der Waals surface area contributed by atoms with Gasteiger partial charge in [0, 0.05) is 26.8 Å². The molecule has 0 saturated carbocycles. The van der Waals surface area contributed by atoms with Crippen LogP contribution in [-0.4, -0.2) is 46.5 Å². The van der Waals surface area contributed by atoms with Crippen molar-refractivity contribution < 1.29 is 9.53 Å². The third kappa shape index (κ3) is 2.80. The molecule has 0 spiro atoms. The van der Waals surface area contributed by atoms with E-state index in [4.69, 9.17) is 4.74 Å². The minimum absolute atomic E-state index is 0.0587. The zero-order valence-electron chi connectivity index (χ0n) is 12.6. The van der Waals surface area contributed by atoms with Gasteiger partial charge in [0.1, 0.15) is 5.82 Å². The number of ether oxygens (including phenoxy) is 1. The molecule has 2 rings (SSSR count). The molecule has 0 aliphatic carbocycles. The van der Waals surface area contributed by atoms with Gasteiger partial charge in [-0.3, -0.25) is 10.00 Å². The van der Waals surface area contributed by atoms with Crippen LogP contribution in [0.15, 0.2) is 12.3 Å². The van der Waals surface area contributed by atoms with Crippen LogP contribution in [0.5, 0.6) is 0 Å². The summed E-state index contributed by atoms with van der Waals surface area (Å²) in [6.45, 7) is 3.53. The number of urea groups is 1. The highest BCUT2D eigenvalue weighted by molar-refractivity contribution is 5.89. The van der Waals surface area contributed by atoms with Gasteiger partial charge in [-0.2, -0.15) is 5.10 Å². The number of likely N-dealkylation sites (tertiary alicyclic amines) is 1. The van der Waals surface area contributed by atoms with Gasteiger partial charge in [0.05, 0.1) is 18.3 Å². The van der Waals surface area contributed by atoms with Gasteiger partial charge < -0.3 is 9.64 Å². The molecule has 1 aromatic heterocycles. The first kappa shape index (κ1) is 14.8. The highest BCUT2D eigenvalue weighted by Crippen LogP contribution is 2.34. The highest BCUT2D eigenvalue weighted by atomic mass is 16.5. The summed E-state index contributed by atoms with van der Waals surface area (Å²) in [7, 11) is 3.51. The minimum atomic E-state index is -0.161. The van der Waals surface area contributed by atoms with Crippen LogP contribution in [0.2, 0.25) is 0 Å². The lowest BCUT2D eigenvalue weighted by molar-refractivity contribution is 0.0539. The lowest BCUT2D eigenvalue weighted by Crippen LogP contribution is -2.52. The van der Waals surface area contributed by atoms with Crippen LogP contribution >= 0.6 is 0 Å². The first-order valence-electron chi connectivity index (χ1n) is 7.18. The van der Waals surface area contributed by atoms with Crippen molar-refractivity contribution in [2.24, 2.45) is 7.05 Å². The number of aryl methyl sites for hydroxylation is 1. The maximum Gasteiger partial charge on any atom is 0.323 e. The molecule has 0 radical (unpaired) electrons. The summed E-state index contributed by atoms with van der Waals surface area (Å²) in [5.74, 6) is 0.713. The molecule has 2 heterocycles. The molecule has 20 heavy (non-hydrogen) atoms. The smallest absolute Gasteiger partial charge is 0.323 e. The fourth-order valence-corrected chi connectivity index (χ4v) is 3.15. The average molecular weight is 280 g/mol. The predicted octanol–water partition coefficient (Wildman–Crippen LogP) is 2.23. The van der Waals surface area contributed by atoms with Crippen LogP contribution < -0.4 is 5.32 Å². The summed E-state index contributed by atoms with van der Waals surface area (Å²) >= 11 is 0. The Bertz CT molecular complexity index is 452. The molecular weight excluding hydrogens is 256 g/mol. The molecule has 1 N–H and O–H groups in total. The van der Waals surface area contributed by atoms with E-state index in [1.807, 2.05) is 11.9 Å². The lowest BCUT2D eigenvalue weighted by Gasteiger charge is -2.38. The van der Waals surface area contributed by atoms with Crippen LogP contribution in [-0.2, 0) is 11.8 Å². The molecule has 6 nitrogen and oxygen atoms in total. The number of methoxy groups -OCH3 is 1. The number of amides is 2. The first-order chi connectivity index (χ1) is 9.63. The Labute approximate surface area is 120 Å². The standard InChI is InChI=1S/C14H24N4O2/c1-4-7-14(11-20-3)8-5-10-18(14)13(19)16-12-6-9-15-17(12)2/h6,9H,4-5,7-8,10-11H2,1-3H3,(H,16,19). The number of carbonyl (C=O) groups excluding carboxylic acids is 1. The SMILES string of the molecule is CCCC1(COC)CCCN1C(=O)Nc1ccnn1C. The number of hydrogen-bond donors (Lipinski definition) is 1. The molecule has 1 aliphatic heterocycles. The molecule has 1 fully saturated rings. The van der Waals surface area contributed by atoms with Gasteiger partial charge in [0.15, 0.2) is 0 Å². The minimum Gasteiger partial charge on any atom is -0.382 e. The van der Waals surface area contributed by atoms with Crippen LogP contribution in [0.25, 0.3) is 0 Å². The lowest BCUT2D eigenvalue weighted by atomic mass is 9.91. The average Bonchev–Trinajstić information content (AvgIpc) is 2.98. The van der Waals surface area contributed by atoms with E-state index in [0.717, 1.165) is 32.2 Å². The first-order valence-corrected chi connectivity index (χ1v) is 7.18. The Balaban J connectivity index is 2.12. The fourth-order valence-electron chi connectivity index (χ4n) is 3.15. The van der Waals surface area contributed by atoms with Gasteiger partial charge in [-0.05, 0) is 19.3 Å². The summed E-state index contributed by atoms with van der Waals surface area (Å²) < 4.78 is 7.04. The fraction of sp³-hybridized carbons (Fsp3) is 0.714. The third-order valence-electron chi connectivity index (χ3n) is 4.03. The maximum atomic E-state index is 12.5. The number of carbonyl (C=O) groups is 1. The van der Waals surface area contributed by atoms with Gasteiger partial charge in [-0.15, -0.1) is 0 Å². The van der Waals surface area contributed by atoms with Crippen LogP contribution in [0, 0.1) is 0 Å². The number of nitrogens with one attached hydrogen (secondary N) is 1. The van der Waals surface area contributed by atoms with Crippen molar-refractivity contribution in [1.29, 1.82) is 0 Å². The molecule has 1 aliphatic rings. The van der Waals surface area contributed by atoms with Crippen molar-refractivity contribution in [2.45, 2.75) is 38.1 Å². The molecule has 0 bridgehead atoms. The molecule has 1 unspecified atom stereocenters. The number of hydrogen-bond acceptors (Lipinski definition) is 3. The molecule has 112 valence electrons. The Morgan fingerprint density at radius 3 is 3.00 bits per heavy atom. The van der Waals surface area contributed by atoms with E-state index in [2.05, 4.69) is 17.3 Å². The topological polar surface area (TPSA) is 59.4 Å². The van der Waals surface area contributed by atoms with E-state index in [1.165, 1.54) is 0 Å². The van der Waals surface area contributed by atoms with Crippen molar-refractivity contribution in [3.8, 4) is 0 Å². The van der Waals surface area contributed by atoms with E-state index in [9.17, 15) is 4.79 Å². The van der Waals surface area contributed by atoms with Crippen molar-refractivity contribution in [3.63, 3.8) is 0 Å². The Morgan fingerprint density at radius 1 is 1.60 bits per heavy atom. The van der Waals surface area contributed by atoms with Crippen LogP contribution in [0.4, 0.5) is 10.6 Å². The van der Waals surface area contributed by atoms with E-state index in [1.54, 1.807) is 24.1 Å². The molecule has 0 aromatic carbocycles. The van der Waals surface area contributed by atoms with Gasteiger partial charge in [-0.25, -0.2) is 4.79 Å². The number of aromatic nitrogens is 2. The Kier molecular flexibility index (Phi) is 4.65. The second kappa shape index (κ2) is 6.26. The Hall–Kier alpha value is -1.56. The highest BCUT2D eigenvalue weighted by Gasteiger charge is 2.43. The quantitative estimate of drug-likeness (QED) is 0.899. The molecule has 1 aromatic rings. The summed E-state index contributed by atoms with van der Waals surface area (Å²) in [5.41, 5.74) is -0.161. The normalized spacial score (nSPS) is 22.2. The van der Waals surface area contributed by atoms with Crippen molar-refractivity contribution in [2.75, 3.05) is 25.6 Å². The van der Waals surface area contributed by atoms with E-state index in [0.29, 0.717) is 12.4 Å². The summed E-state index contributed by atoms with van der Waals surface area (Å²) in [6, 6.07) is 1.74. The predicted molar refractivity (Wildman–Crippen MR) is 77.7 cm³/mol. The number of anilines is 1. The second-order valence-electron chi connectivity index (χ2n) is 5.43. The van der Waals surface area contributed by atoms with E-state index >= 15 is 0 Å². The zero-order chi connectivity index (χ0) is 14.6. The molecule has 2 amide bonds. The molecular formula is C14H24N4O2. The van der Waals surface area contributed by atoms with E-state index in [-0.39, 0.29) is 11.6 Å². The number of rotatable bonds is 5. The van der Waals surface area contributed by atoms with Crippen molar-refractivity contribution in [3.05, 3.63) is 12.3 Å². The molecule has 1 saturated heterocycles. The summed E-state index contributed by atoms with van der Waals surface area (Å²) in [4.78, 5) is 14.5. The largest absolute Gasteiger partial charge is 0.382 e. The zero-order valence-corrected chi connectivity index (χ0v) is 12.6. The van der Waals surface area contributed by atoms with Gasteiger partial charge in [-0.1, -0.05) is 13.3 Å². The van der Waals surface area contributed by atoms with Crippen molar-refractivity contribution in [1.82, 2.24) is 14.7 Å². The van der Waals surface area contributed by atoms with Crippen LogP contribution in [0.3, 0.4) is 0 Å². The summed E-state index contributed by atoms with van der Waals surface area (Å²) in [5, 5.41) is 7.00.